The van der Waals surface area contributed by atoms with Crippen molar-refractivity contribution < 1.29 is 9.59 Å². The summed E-state index contributed by atoms with van der Waals surface area (Å²) in [6.07, 6.45) is 2.57. The van der Waals surface area contributed by atoms with Crippen LogP contribution in [0.5, 0.6) is 0 Å². The molecule has 3 atom stereocenters. The molecule has 22 heavy (non-hydrogen) atoms. The molecule has 5 nitrogen and oxygen atoms in total. The van der Waals surface area contributed by atoms with Crippen molar-refractivity contribution in [3.05, 3.63) is 23.0 Å². The number of carbonyl (C=O) groups is 2. The van der Waals surface area contributed by atoms with E-state index < -0.39 is 0 Å². The number of aryl methyl sites for hydroxylation is 1. The van der Waals surface area contributed by atoms with Gasteiger partial charge in [0.15, 0.2) is 0 Å². The predicted molar refractivity (Wildman–Crippen MR) is 84.6 cm³/mol. The third-order valence-corrected chi connectivity index (χ3v) is 5.70. The summed E-state index contributed by atoms with van der Waals surface area (Å²) >= 11 is 0. The first-order valence-corrected chi connectivity index (χ1v) is 8.05. The number of nitrogens with zero attached hydrogens (tertiary/aromatic N) is 2. The van der Waals surface area contributed by atoms with Crippen LogP contribution in [0.3, 0.4) is 0 Å². The maximum absolute atomic E-state index is 12.8. The minimum atomic E-state index is 0.101. The Kier molecular flexibility index (Phi) is 3.75. The largest absolute Gasteiger partial charge is 0.356 e. The second kappa shape index (κ2) is 5.45. The van der Waals surface area contributed by atoms with E-state index in [1.807, 2.05) is 38.9 Å². The second-order valence-corrected chi connectivity index (χ2v) is 6.91. The molecule has 1 saturated heterocycles. The number of fused-ring (bicyclic) bond motifs is 1. The van der Waals surface area contributed by atoms with Crippen molar-refractivity contribution in [1.82, 2.24) is 14.8 Å². The van der Waals surface area contributed by atoms with Crippen LogP contribution >= 0.6 is 0 Å². The number of nitrogens with one attached hydrogen (secondary N) is 1. The predicted octanol–water partition coefficient (Wildman–Crippen LogP) is 1.63. The summed E-state index contributed by atoms with van der Waals surface area (Å²) in [5, 5.41) is 2.95. The molecule has 120 valence electrons. The molecule has 1 aliphatic carbocycles. The molecule has 1 aromatic rings. The molecule has 0 unspecified atom stereocenters. The minimum Gasteiger partial charge on any atom is -0.356 e. The van der Waals surface area contributed by atoms with Gasteiger partial charge in [-0.25, -0.2) is 0 Å². The molecule has 2 heterocycles. The molecule has 1 aliphatic heterocycles. The average molecular weight is 303 g/mol. The fourth-order valence-corrected chi connectivity index (χ4v) is 3.98. The number of rotatable bonds is 2. The lowest BCUT2D eigenvalue weighted by Crippen LogP contribution is -2.38. The van der Waals surface area contributed by atoms with Crippen LogP contribution in [0.1, 0.15) is 41.0 Å². The summed E-state index contributed by atoms with van der Waals surface area (Å²) in [6.45, 7) is 4.78. The molecule has 0 aromatic carbocycles. The van der Waals surface area contributed by atoms with Gasteiger partial charge in [-0.2, -0.15) is 0 Å². The van der Waals surface area contributed by atoms with Crippen molar-refractivity contribution in [3.8, 4) is 0 Å². The van der Waals surface area contributed by atoms with E-state index in [1.165, 1.54) is 0 Å². The Labute approximate surface area is 131 Å². The Morgan fingerprint density at radius 2 is 2.00 bits per heavy atom. The molecule has 5 heteroatoms. The van der Waals surface area contributed by atoms with Crippen LogP contribution < -0.4 is 5.32 Å². The molecule has 0 spiro atoms. The zero-order chi connectivity index (χ0) is 16.0. The number of piperidine rings is 1. The van der Waals surface area contributed by atoms with Crippen LogP contribution in [-0.2, 0) is 11.8 Å². The molecule has 1 aromatic heterocycles. The third-order valence-electron chi connectivity index (χ3n) is 5.70. The standard InChI is InChI=1S/C17H25N3O2/c1-10-5-15(11(2)19(10)3)17(22)20(4)14-6-12-8-16(21)18-9-13(12)7-14/h5,12-14H,6-9H2,1-4H3,(H,18,21)/t12-,13+,14-/m0/s1. The van der Waals surface area contributed by atoms with Gasteiger partial charge in [-0.15, -0.1) is 0 Å². The summed E-state index contributed by atoms with van der Waals surface area (Å²) in [5.74, 6) is 1.22. The first-order valence-electron chi connectivity index (χ1n) is 8.05. The van der Waals surface area contributed by atoms with Gasteiger partial charge >= 0.3 is 0 Å². The normalized spacial score (nSPS) is 27.5. The average Bonchev–Trinajstić information content (AvgIpc) is 3.02. The van der Waals surface area contributed by atoms with Gasteiger partial charge in [0.05, 0.1) is 5.56 Å². The summed E-state index contributed by atoms with van der Waals surface area (Å²) in [6, 6.07) is 2.22. The van der Waals surface area contributed by atoms with Crippen molar-refractivity contribution in [3.63, 3.8) is 0 Å². The third kappa shape index (κ3) is 2.42. The van der Waals surface area contributed by atoms with Gasteiger partial charge in [-0.1, -0.05) is 0 Å². The number of aromatic nitrogens is 1. The van der Waals surface area contributed by atoms with Gasteiger partial charge in [-0.05, 0) is 44.6 Å². The van der Waals surface area contributed by atoms with Crippen LogP contribution in [0.15, 0.2) is 6.07 Å². The summed E-state index contributed by atoms with van der Waals surface area (Å²) in [7, 11) is 3.89. The van der Waals surface area contributed by atoms with E-state index in [4.69, 9.17) is 0 Å². The van der Waals surface area contributed by atoms with Gasteiger partial charge in [0.1, 0.15) is 0 Å². The van der Waals surface area contributed by atoms with Crippen LogP contribution in [0.25, 0.3) is 0 Å². The quantitative estimate of drug-likeness (QED) is 0.903. The number of carbonyl (C=O) groups excluding carboxylic acids is 2. The molecule has 2 aliphatic rings. The lowest BCUT2D eigenvalue weighted by atomic mass is 9.89. The Morgan fingerprint density at radius 3 is 2.64 bits per heavy atom. The first kappa shape index (κ1) is 15.1. The van der Waals surface area contributed by atoms with E-state index >= 15 is 0 Å². The molecule has 0 radical (unpaired) electrons. The first-order chi connectivity index (χ1) is 10.4. The minimum absolute atomic E-state index is 0.101. The Morgan fingerprint density at radius 1 is 1.32 bits per heavy atom. The molecular weight excluding hydrogens is 278 g/mol. The highest BCUT2D eigenvalue weighted by Crippen LogP contribution is 2.38. The Bertz CT molecular complexity index is 620. The second-order valence-electron chi connectivity index (χ2n) is 6.91. The van der Waals surface area contributed by atoms with E-state index in [-0.39, 0.29) is 17.9 Å². The molecule has 0 bridgehead atoms. The Balaban J connectivity index is 1.74. The zero-order valence-electron chi connectivity index (χ0n) is 13.8. The lowest BCUT2D eigenvalue weighted by molar-refractivity contribution is -0.124. The van der Waals surface area contributed by atoms with Crippen LogP contribution in [0.4, 0.5) is 0 Å². The van der Waals surface area contributed by atoms with E-state index in [2.05, 4.69) is 9.88 Å². The smallest absolute Gasteiger partial charge is 0.255 e. The van der Waals surface area contributed by atoms with Gasteiger partial charge in [-0.3, -0.25) is 9.59 Å². The van der Waals surface area contributed by atoms with Crippen molar-refractivity contribution in [2.75, 3.05) is 13.6 Å². The van der Waals surface area contributed by atoms with Gasteiger partial charge in [0.2, 0.25) is 5.91 Å². The highest BCUT2D eigenvalue weighted by molar-refractivity contribution is 5.95. The van der Waals surface area contributed by atoms with Crippen molar-refractivity contribution in [2.45, 2.75) is 39.2 Å². The van der Waals surface area contributed by atoms with Crippen molar-refractivity contribution in [1.29, 1.82) is 0 Å². The van der Waals surface area contributed by atoms with E-state index in [1.54, 1.807) is 0 Å². The fraction of sp³-hybridized carbons (Fsp3) is 0.647. The molecule has 3 rings (SSSR count). The molecule has 2 amide bonds. The number of hydrogen-bond acceptors (Lipinski definition) is 2. The monoisotopic (exact) mass is 303 g/mol. The van der Waals surface area contributed by atoms with Crippen LogP contribution in [0, 0.1) is 25.7 Å². The highest BCUT2D eigenvalue weighted by Gasteiger charge is 2.41. The zero-order valence-corrected chi connectivity index (χ0v) is 13.8. The molecule has 2 fully saturated rings. The topological polar surface area (TPSA) is 54.3 Å². The molecule has 1 N–H and O–H groups in total. The molecular formula is C17H25N3O2. The maximum atomic E-state index is 12.8. The lowest BCUT2D eigenvalue weighted by Gasteiger charge is -2.25. The van der Waals surface area contributed by atoms with Gasteiger partial charge < -0.3 is 14.8 Å². The number of hydrogen-bond donors (Lipinski definition) is 1. The summed E-state index contributed by atoms with van der Waals surface area (Å²) < 4.78 is 2.05. The van der Waals surface area contributed by atoms with Crippen molar-refractivity contribution >= 4 is 11.8 Å². The van der Waals surface area contributed by atoms with Crippen LogP contribution in [0.2, 0.25) is 0 Å². The fourth-order valence-electron chi connectivity index (χ4n) is 3.98. The van der Waals surface area contributed by atoms with E-state index in [9.17, 15) is 9.59 Å². The SMILES string of the molecule is Cc1cc(C(=O)N(C)[C@H]2C[C@H]3CC(=O)NC[C@H]3C2)c(C)n1C. The molecule has 1 saturated carbocycles. The van der Waals surface area contributed by atoms with Gasteiger partial charge in [0.25, 0.3) is 5.91 Å². The summed E-state index contributed by atoms with van der Waals surface area (Å²) in [5.41, 5.74) is 2.91. The maximum Gasteiger partial charge on any atom is 0.255 e. The number of amides is 2. The van der Waals surface area contributed by atoms with Gasteiger partial charge in [0, 0.05) is 44.5 Å². The van der Waals surface area contributed by atoms with E-state index in [0.717, 1.165) is 36.3 Å². The Hall–Kier alpha value is -1.78. The summed E-state index contributed by atoms with van der Waals surface area (Å²) in [4.78, 5) is 26.2. The van der Waals surface area contributed by atoms with E-state index in [0.29, 0.717) is 18.3 Å². The highest BCUT2D eigenvalue weighted by atomic mass is 16.2. The van der Waals surface area contributed by atoms with Crippen LogP contribution in [-0.4, -0.2) is 40.9 Å². The van der Waals surface area contributed by atoms with Crippen molar-refractivity contribution in [2.24, 2.45) is 18.9 Å².